The molecule has 1 amide bonds. The summed E-state index contributed by atoms with van der Waals surface area (Å²) in [4.78, 5) is 12.0. The molecule has 0 heterocycles. The zero-order valence-electron chi connectivity index (χ0n) is 10.8. The van der Waals surface area contributed by atoms with Gasteiger partial charge in [-0.25, -0.2) is 0 Å². The highest BCUT2D eigenvalue weighted by Gasteiger charge is 2.21. The van der Waals surface area contributed by atoms with Gasteiger partial charge in [0.2, 0.25) is 0 Å². The Morgan fingerprint density at radius 1 is 1.26 bits per heavy atom. The van der Waals surface area contributed by atoms with Gasteiger partial charge in [-0.1, -0.05) is 36.0 Å². The van der Waals surface area contributed by atoms with E-state index in [9.17, 15) is 4.79 Å². The Hall–Kier alpha value is -0.930. The number of rotatable bonds is 4. The molecule has 0 aliphatic heterocycles. The van der Waals surface area contributed by atoms with Crippen LogP contribution in [-0.2, 0) is 4.79 Å². The number of hydrogen-bond acceptors (Lipinski definition) is 2. The molecule has 1 aromatic rings. The van der Waals surface area contributed by atoms with Gasteiger partial charge < -0.3 is 10.1 Å². The first-order valence-corrected chi connectivity index (χ1v) is 7.23. The van der Waals surface area contributed by atoms with Gasteiger partial charge in [-0.15, -0.1) is 0 Å². The Balaban J connectivity index is 1.91. The monoisotopic (exact) mass is 301 g/mol. The first-order valence-electron chi connectivity index (χ1n) is 6.48. The predicted octanol–water partition coefficient (Wildman–Crippen LogP) is 3.82. The van der Waals surface area contributed by atoms with E-state index in [-0.39, 0.29) is 5.91 Å². The molecule has 1 aliphatic carbocycles. The number of benzene rings is 1. The molecule has 3 nitrogen and oxygen atoms in total. The molecule has 0 bridgehead atoms. The molecular weight excluding hydrogens is 285 g/mol. The first-order chi connectivity index (χ1) is 9.04. The molecule has 0 saturated heterocycles. The smallest absolute Gasteiger partial charge is 0.260 e. The van der Waals surface area contributed by atoms with E-state index in [0.29, 0.717) is 21.8 Å². The van der Waals surface area contributed by atoms with Gasteiger partial charge >= 0.3 is 0 Å². The number of ether oxygens (including phenoxy) is 1. The molecular formula is C14H17Cl2NO2. The maximum atomic E-state index is 12.0. The lowest BCUT2D eigenvalue weighted by molar-refractivity contribution is -0.127. The van der Waals surface area contributed by atoms with Crippen LogP contribution < -0.4 is 10.1 Å². The second-order valence-electron chi connectivity index (χ2n) is 4.86. The van der Waals surface area contributed by atoms with Gasteiger partial charge in [-0.3, -0.25) is 4.79 Å². The maximum Gasteiger partial charge on any atom is 0.260 e. The summed E-state index contributed by atoms with van der Waals surface area (Å²) in [5.41, 5.74) is 0. The topological polar surface area (TPSA) is 38.3 Å². The van der Waals surface area contributed by atoms with E-state index in [4.69, 9.17) is 27.9 Å². The van der Waals surface area contributed by atoms with Crippen LogP contribution in [0.25, 0.3) is 0 Å². The van der Waals surface area contributed by atoms with Gasteiger partial charge in [-0.05, 0) is 38.0 Å². The number of hydrogen-bond donors (Lipinski definition) is 1. The van der Waals surface area contributed by atoms with Crippen molar-refractivity contribution >= 4 is 29.1 Å². The summed E-state index contributed by atoms with van der Waals surface area (Å²) in [6.45, 7) is 1.72. The van der Waals surface area contributed by atoms with E-state index in [1.54, 1.807) is 25.1 Å². The third-order valence-corrected chi connectivity index (χ3v) is 3.66. The van der Waals surface area contributed by atoms with Gasteiger partial charge in [0, 0.05) is 16.1 Å². The molecule has 1 fully saturated rings. The van der Waals surface area contributed by atoms with Gasteiger partial charge in [0.1, 0.15) is 5.75 Å². The zero-order chi connectivity index (χ0) is 13.8. The minimum atomic E-state index is -0.560. The third-order valence-electron chi connectivity index (χ3n) is 3.22. The third kappa shape index (κ3) is 4.29. The standard InChI is InChI=1S/C14H17Cl2NO2/c1-9(14(18)17-12-4-2-3-5-12)19-13-7-10(15)6-11(16)8-13/h6-9,12H,2-5H2,1H3,(H,17,18)/t9-/m0/s1. The Bertz CT molecular complexity index is 439. The highest BCUT2D eigenvalue weighted by Crippen LogP contribution is 2.25. The van der Waals surface area contributed by atoms with Crippen molar-refractivity contribution in [3.05, 3.63) is 28.2 Å². The van der Waals surface area contributed by atoms with E-state index in [1.165, 1.54) is 12.8 Å². The fourth-order valence-corrected chi connectivity index (χ4v) is 2.75. The van der Waals surface area contributed by atoms with Crippen molar-refractivity contribution in [3.8, 4) is 5.75 Å². The largest absolute Gasteiger partial charge is 0.481 e. The second kappa shape index (κ2) is 6.49. The summed E-state index contributed by atoms with van der Waals surface area (Å²) in [6, 6.07) is 5.21. The molecule has 19 heavy (non-hydrogen) atoms. The molecule has 1 aromatic carbocycles. The van der Waals surface area contributed by atoms with Crippen molar-refractivity contribution in [2.45, 2.75) is 44.8 Å². The molecule has 0 unspecified atom stereocenters. The number of carbonyl (C=O) groups excluding carboxylic acids is 1. The van der Waals surface area contributed by atoms with Crippen molar-refractivity contribution in [1.29, 1.82) is 0 Å². The lowest BCUT2D eigenvalue weighted by Gasteiger charge is -2.18. The normalized spacial score (nSPS) is 17.2. The number of carbonyl (C=O) groups is 1. The van der Waals surface area contributed by atoms with E-state index < -0.39 is 6.10 Å². The van der Waals surface area contributed by atoms with E-state index in [1.807, 2.05) is 0 Å². The van der Waals surface area contributed by atoms with Crippen LogP contribution in [0.5, 0.6) is 5.75 Å². The second-order valence-corrected chi connectivity index (χ2v) is 5.73. The fourth-order valence-electron chi connectivity index (χ4n) is 2.24. The van der Waals surface area contributed by atoms with Gasteiger partial charge in [0.05, 0.1) is 0 Å². The molecule has 1 N–H and O–H groups in total. The average molecular weight is 302 g/mol. The molecule has 2 rings (SSSR count). The summed E-state index contributed by atoms with van der Waals surface area (Å²) in [6.07, 6.45) is 3.92. The summed E-state index contributed by atoms with van der Waals surface area (Å²) in [7, 11) is 0. The Kier molecular flexibility index (Phi) is 4.94. The van der Waals surface area contributed by atoms with E-state index in [2.05, 4.69) is 5.32 Å². The Morgan fingerprint density at radius 3 is 2.42 bits per heavy atom. The minimum Gasteiger partial charge on any atom is -0.481 e. The molecule has 0 spiro atoms. The van der Waals surface area contributed by atoms with Crippen molar-refractivity contribution in [2.75, 3.05) is 0 Å². The molecule has 0 aromatic heterocycles. The number of nitrogens with one attached hydrogen (secondary N) is 1. The van der Waals surface area contributed by atoms with Crippen molar-refractivity contribution in [3.63, 3.8) is 0 Å². The van der Waals surface area contributed by atoms with Crippen molar-refractivity contribution in [2.24, 2.45) is 0 Å². The van der Waals surface area contributed by atoms with Gasteiger partial charge in [-0.2, -0.15) is 0 Å². The maximum absolute atomic E-state index is 12.0. The zero-order valence-corrected chi connectivity index (χ0v) is 12.3. The summed E-state index contributed by atoms with van der Waals surface area (Å²) in [5.74, 6) is 0.412. The SMILES string of the molecule is C[C@H](Oc1cc(Cl)cc(Cl)c1)C(=O)NC1CCCC1. The highest BCUT2D eigenvalue weighted by atomic mass is 35.5. The van der Waals surface area contributed by atoms with Gasteiger partial charge in [0.15, 0.2) is 6.10 Å². The predicted molar refractivity (Wildman–Crippen MR) is 77.0 cm³/mol. The van der Waals surface area contributed by atoms with Crippen LogP contribution in [0.2, 0.25) is 10.0 Å². The van der Waals surface area contributed by atoms with Crippen molar-refractivity contribution in [1.82, 2.24) is 5.32 Å². The Morgan fingerprint density at radius 2 is 1.84 bits per heavy atom. The molecule has 1 aliphatic rings. The minimum absolute atomic E-state index is 0.0944. The van der Waals surface area contributed by atoms with E-state index in [0.717, 1.165) is 12.8 Å². The molecule has 104 valence electrons. The Labute approximate surface area is 123 Å². The van der Waals surface area contributed by atoms with Crippen LogP contribution in [0.15, 0.2) is 18.2 Å². The molecule has 5 heteroatoms. The molecule has 1 atom stereocenters. The van der Waals surface area contributed by atoms with Crippen LogP contribution in [0, 0.1) is 0 Å². The van der Waals surface area contributed by atoms with E-state index >= 15 is 0 Å². The molecule has 0 radical (unpaired) electrons. The highest BCUT2D eigenvalue weighted by molar-refractivity contribution is 6.34. The van der Waals surface area contributed by atoms with Crippen LogP contribution in [0.1, 0.15) is 32.6 Å². The lowest BCUT2D eigenvalue weighted by Crippen LogP contribution is -2.41. The summed E-state index contributed by atoms with van der Waals surface area (Å²) in [5, 5.41) is 3.98. The average Bonchev–Trinajstić information content (AvgIpc) is 2.80. The van der Waals surface area contributed by atoms with Crippen LogP contribution in [0.4, 0.5) is 0 Å². The van der Waals surface area contributed by atoms with Crippen LogP contribution in [-0.4, -0.2) is 18.1 Å². The summed E-state index contributed by atoms with van der Waals surface area (Å²) < 4.78 is 5.57. The quantitative estimate of drug-likeness (QED) is 0.918. The van der Waals surface area contributed by atoms with Crippen LogP contribution in [0.3, 0.4) is 0 Å². The van der Waals surface area contributed by atoms with Crippen molar-refractivity contribution < 1.29 is 9.53 Å². The molecule has 1 saturated carbocycles. The fraction of sp³-hybridized carbons (Fsp3) is 0.500. The first kappa shape index (κ1) is 14.5. The number of halogens is 2. The lowest BCUT2D eigenvalue weighted by atomic mass is 10.2. The van der Waals surface area contributed by atoms with Gasteiger partial charge in [0.25, 0.3) is 5.91 Å². The van der Waals surface area contributed by atoms with Crippen LogP contribution >= 0.6 is 23.2 Å². The summed E-state index contributed by atoms with van der Waals surface area (Å²) >= 11 is 11.8. The number of amides is 1.